The molecule has 0 aliphatic carbocycles. The molecule has 1 aliphatic heterocycles. The molecule has 0 unspecified atom stereocenters. The summed E-state index contributed by atoms with van der Waals surface area (Å²) in [4.78, 5) is 13.2. The van der Waals surface area contributed by atoms with Crippen molar-refractivity contribution in [1.29, 1.82) is 0 Å². The Morgan fingerprint density at radius 1 is 1.41 bits per heavy atom. The molecule has 1 saturated heterocycles. The van der Waals surface area contributed by atoms with Crippen molar-refractivity contribution in [3.8, 4) is 0 Å². The summed E-state index contributed by atoms with van der Waals surface area (Å²) in [5.74, 6) is 0.00574. The van der Waals surface area contributed by atoms with E-state index < -0.39 is 6.04 Å². The normalized spacial score (nSPS) is 29.5. The molecule has 92 valence electrons. The predicted molar refractivity (Wildman–Crippen MR) is 66.8 cm³/mol. The van der Waals surface area contributed by atoms with Gasteiger partial charge < -0.3 is 0 Å². The molecule has 0 bridgehead atoms. The van der Waals surface area contributed by atoms with E-state index in [1.807, 2.05) is 45.2 Å². The van der Waals surface area contributed by atoms with Crippen LogP contribution in [0.4, 0.5) is 0 Å². The first-order valence-electron chi connectivity index (χ1n) is 5.91. The molecule has 0 spiro atoms. The first-order valence-corrected chi connectivity index (χ1v) is 5.91. The standard InChI is InChI=1S/C13H18N2O2/c1-9-6-4-5-7-11(9)12-8-14(3)10(2)13(12)15(16)17/h4-7,10,12-13H,8H2,1-3H3/t10-,12-,13+/m1/s1. The monoisotopic (exact) mass is 234 g/mol. The molecular weight excluding hydrogens is 216 g/mol. The molecular formula is C13H18N2O2. The van der Waals surface area contributed by atoms with E-state index in [1.165, 1.54) is 0 Å². The molecule has 1 aromatic carbocycles. The molecule has 17 heavy (non-hydrogen) atoms. The van der Waals surface area contributed by atoms with Gasteiger partial charge in [-0.05, 0) is 32.0 Å². The summed E-state index contributed by atoms with van der Waals surface area (Å²) in [7, 11) is 1.96. The molecule has 0 amide bonds. The lowest BCUT2D eigenvalue weighted by atomic mass is 9.89. The zero-order valence-corrected chi connectivity index (χ0v) is 10.5. The highest BCUT2D eigenvalue weighted by atomic mass is 16.6. The van der Waals surface area contributed by atoms with Gasteiger partial charge >= 0.3 is 0 Å². The zero-order chi connectivity index (χ0) is 12.6. The minimum Gasteiger partial charge on any atom is -0.296 e. The maximum absolute atomic E-state index is 11.2. The van der Waals surface area contributed by atoms with Crippen LogP contribution in [0.5, 0.6) is 0 Å². The number of hydrogen-bond donors (Lipinski definition) is 0. The van der Waals surface area contributed by atoms with Crippen LogP contribution in [0.2, 0.25) is 0 Å². The van der Waals surface area contributed by atoms with Crippen molar-refractivity contribution in [2.45, 2.75) is 31.8 Å². The van der Waals surface area contributed by atoms with Gasteiger partial charge in [0.05, 0.1) is 12.0 Å². The maximum Gasteiger partial charge on any atom is 0.236 e. The Kier molecular flexibility index (Phi) is 3.15. The number of benzene rings is 1. The Hall–Kier alpha value is -1.42. The van der Waals surface area contributed by atoms with Gasteiger partial charge in [0.2, 0.25) is 6.04 Å². The summed E-state index contributed by atoms with van der Waals surface area (Å²) in [6.45, 7) is 4.72. The summed E-state index contributed by atoms with van der Waals surface area (Å²) < 4.78 is 0. The second-order valence-electron chi connectivity index (χ2n) is 4.92. The average molecular weight is 234 g/mol. The van der Waals surface area contributed by atoms with Gasteiger partial charge in [0.15, 0.2) is 0 Å². The van der Waals surface area contributed by atoms with Crippen LogP contribution < -0.4 is 0 Å². The Bertz CT molecular complexity index is 433. The van der Waals surface area contributed by atoms with Crippen molar-refractivity contribution >= 4 is 0 Å². The maximum atomic E-state index is 11.2. The van der Waals surface area contributed by atoms with Crippen LogP contribution >= 0.6 is 0 Å². The van der Waals surface area contributed by atoms with Gasteiger partial charge in [0.25, 0.3) is 0 Å². The number of hydrogen-bond acceptors (Lipinski definition) is 3. The third-order valence-corrected chi connectivity index (χ3v) is 3.92. The van der Waals surface area contributed by atoms with Crippen molar-refractivity contribution in [1.82, 2.24) is 4.90 Å². The highest BCUT2D eigenvalue weighted by Crippen LogP contribution is 2.34. The molecule has 0 saturated carbocycles. The lowest BCUT2D eigenvalue weighted by Gasteiger charge is -2.16. The Morgan fingerprint density at radius 2 is 2.06 bits per heavy atom. The van der Waals surface area contributed by atoms with Crippen molar-refractivity contribution in [2.24, 2.45) is 0 Å². The second kappa shape index (κ2) is 4.45. The Balaban J connectivity index is 2.38. The summed E-state index contributed by atoms with van der Waals surface area (Å²) in [6, 6.07) is 7.47. The van der Waals surface area contributed by atoms with E-state index in [4.69, 9.17) is 0 Å². The van der Waals surface area contributed by atoms with E-state index >= 15 is 0 Å². The molecule has 1 aliphatic rings. The van der Waals surface area contributed by atoms with E-state index in [0.717, 1.165) is 17.7 Å². The highest BCUT2D eigenvalue weighted by Gasteiger charge is 2.46. The van der Waals surface area contributed by atoms with Crippen molar-refractivity contribution in [3.05, 3.63) is 45.5 Å². The largest absolute Gasteiger partial charge is 0.296 e. The molecule has 4 nitrogen and oxygen atoms in total. The van der Waals surface area contributed by atoms with Crippen LogP contribution in [-0.4, -0.2) is 35.5 Å². The number of likely N-dealkylation sites (N-methyl/N-ethyl adjacent to an activating group) is 1. The third-order valence-electron chi connectivity index (χ3n) is 3.92. The smallest absolute Gasteiger partial charge is 0.236 e. The Labute approximate surface area is 101 Å². The first kappa shape index (κ1) is 12.0. The first-order chi connectivity index (χ1) is 8.02. The summed E-state index contributed by atoms with van der Waals surface area (Å²) in [5.41, 5.74) is 2.26. The number of aryl methyl sites for hydroxylation is 1. The molecule has 2 rings (SSSR count). The van der Waals surface area contributed by atoms with E-state index in [9.17, 15) is 10.1 Å². The fourth-order valence-electron chi connectivity index (χ4n) is 2.79. The number of likely N-dealkylation sites (tertiary alicyclic amines) is 1. The lowest BCUT2D eigenvalue weighted by Crippen LogP contribution is -2.35. The van der Waals surface area contributed by atoms with Crippen LogP contribution in [-0.2, 0) is 0 Å². The number of nitro groups is 1. The Morgan fingerprint density at radius 3 is 2.65 bits per heavy atom. The minimum atomic E-state index is -0.499. The van der Waals surface area contributed by atoms with E-state index in [-0.39, 0.29) is 16.9 Å². The summed E-state index contributed by atoms with van der Waals surface area (Å²) in [6.07, 6.45) is 0. The predicted octanol–water partition coefficient (Wildman–Crippen LogP) is 2.06. The highest BCUT2D eigenvalue weighted by molar-refractivity contribution is 5.31. The van der Waals surface area contributed by atoms with E-state index in [0.29, 0.717) is 0 Å². The topological polar surface area (TPSA) is 46.4 Å². The van der Waals surface area contributed by atoms with Crippen LogP contribution in [0.3, 0.4) is 0 Å². The van der Waals surface area contributed by atoms with Gasteiger partial charge in [0, 0.05) is 11.5 Å². The van der Waals surface area contributed by atoms with Crippen LogP contribution in [0.25, 0.3) is 0 Å². The van der Waals surface area contributed by atoms with Gasteiger partial charge in [0.1, 0.15) is 0 Å². The quantitative estimate of drug-likeness (QED) is 0.581. The van der Waals surface area contributed by atoms with Crippen LogP contribution in [0.15, 0.2) is 24.3 Å². The van der Waals surface area contributed by atoms with Crippen molar-refractivity contribution in [2.75, 3.05) is 13.6 Å². The van der Waals surface area contributed by atoms with Gasteiger partial charge in [-0.1, -0.05) is 24.3 Å². The fraction of sp³-hybridized carbons (Fsp3) is 0.538. The molecule has 1 fully saturated rings. The van der Waals surface area contributed by atoms with Crippen molar-refractivity contribution in [3.63, 3.8) is 0 Å². The molecule has 4 heteroatoms. The van der Waals surface area contributed by atoms with Crippen LogP contribution in [0.1, 0.15) is 24.0 Å². The summed E-state index contributed by atoms with van der Waals surface area (Å²) in [5, 5.41) is 11.2. The molecule has 3 atom stereocenters. The van der Waals surface area contributed by atoms with Gasteiger partial charge in [-0.2, -0.15) is 0 Å². The van der Waals surface area contributed by atoms with E-state index in [2.05, 4.69) is 4.90 Å². The minimum absolute atomic E-state index is 0.00499. The van der Waals surface area contributed by atoms with Gasteiger partial charge in [-0.3, -0.25) is 15.0 Å². The third kappa shape index (κ3) is 2.05. The molecule has 0 N–H and O–H groups in total. The molecule has 0 aromatic heterocycles. The average Bonchev–Trinajstić information content (AvgIpc) is 2.56. The number of rotatable bonds is 2. The zero-order valence-electron chi connectivity index (χ0n) is 10.5. The number of nitrogens with zero attached hydrogens (tertiary/aromatic N) is 2. The lowest BCUT2D eigenvalue weighted by molar-refractivity contribution is -0.526. The van der Waals surface area contributed by atoms with Crippen LogP contribution in [0, 0.1) is 17.0 Å². The molecule has 1 heterocycles. The van der Waals surface area contributed by atoms with E-state index in [1.54, 1.807) is 0 Å². The van der Waals surface area contributed by atoms with Crippen molar-refractivity contribution < 1.29 is 4.92 Å². The van der Waals surface area contributed by atoms with Gasteiger partial charge in [-0.25, -0.2) is 0 Å². The molecule has 0 radical (unpaired) electrons. The SMILES string of the molecule is Cc1ccccc1[C@H]1CN(C)[C@H](C)[C@@H]1[N+](=O)[O-]. The van der Waals surface area contributed by atoms with Gasteiger partial charge in [-0.15, -0.1) is 0 Å². The fourth-order valence-corrected chi connectivity index (χ4v) is 2.79. The summed E-state index contributed by atoms with van der Waals surface area (Å²) >= 11 is 0. The molecule has 1 aromatic rings. The second-order valence-corrected chi connectivity index (χ2v) is 4.92.